The Bertz CT molecular complexity index is 576. The molecule has 1 aliphatic heterocycles. The molecule has 1 N–H and O–H groups in total. The molecule has 4 nitrogen and oxygen atoms in total. The van der Waals surface area contributed by atoms with Gasteiger partial charge in [0, 0.05) is 37.9 Å². The van der Waals surface area contributed by atoms with Crippen LogP contribution < -0.4 is 5.32 Å². The van der Waals surface area contributed by atoms with Crippen molar-refractivity contribution in [2.24, 2.45) is 0 Å². The molecule has 3 rings (SSSR count). The van der Waals surface area contributed by atoms with Gasteiger partial charge in [0.25, 0.3) is 0 Å². The van der Waals surface area contributed by atoms with E-state index in [0.29, 0.717) is 0 Å². The van der Waals surface area contributed by atoms with Crippen LogP contribution in [0.3, 0.4) is 0 Å². The Balaban J connectivity index is 1.78. The average molecular weight is 268 g/mol. The van der Waals surface area contributed by atoms with Crippen LogP contribution in [0.25, 0.3) is 11.3 Å². The van der Waals surface area contributed by atoms with Gasteiger partial charge in [-0.1, -0.05) is 23.8 Å². The Hall–Kier alpha value is -1.78. The maximum Gasteiger partial charge on any atom is 0.142 e. The first-order valence-corrected chi connectivity index (χ1v) is 7.13. The number of rotatable bonds is 3. The number of hydrogen-bond donors (Lipinski definition) is 1. The fourth-order valence-electron chi connectivity index (χ4n) is 2.51. The number of aryl methyl sites for hydroxylation is 1. The predicted octanol–water partition coefficient (Wildman–Crippen LogP) is 1.86. The average Bonchev–Trinajstić information content (AvgIpc) is 2.49. The number of piperazine rings is 1. The van der Waals surface area contributed by atoms with Crippen molar-refractivity contribution in [2.75, 3.05) is 26.2 Å². The Morgan fingerprint density at radius 3 is 2.85 bits per heavy atom. The highest BCUT2D eigenvalue weighted by Crippen LogP contribution is 2.18. The van der Waals surface area contributed by atoms with Gasteiger partial charge in [-0.15, -0.1) is 0 Å². The van der Waals surface area contributed by atoms with Crippen LogP contribution in [0.5, 0.6) is 0 Å². The number of benzene rings is 1. The van der Waals surface area contributed by atoms with E-state index in [9.17, 15) is 0 Å². The topological polar surface area (TPSA) is 41.1 Å². The third-order valence-corrected chi connectivity index (χ3v) is 3.59. The highest BCUT2D eigenvalue weighted by molar-refractivity contribution is 5.59. The Kier molecular flexibility index (Phi) is 4.04. The summed E-state index contributed by atoms with van der Waals surface area (Å²) in [4.78, 5) is 11.5. The Morgan fingerprint density at radius 1 is 1.20 bits per heavy atom. The molecule has 1 aromatic carbocycles. The molecule has 1 aliphatic rings. The van der Waals surface area contributed by atoms with Crippen LogP contribution in [0.15, 0.2) is 36.5 Å². The van der Waals surface area contributed by atoms with Gasteiger partial charge in [-0.3, -0.25) is 4.90 Å². The summed E-state index contributed by atoms with van der Waals surface area (Å²) in [6.45, 7) is 7.18. The van der Waals surface area contributed by atoms with Crippen LogP contribution in [0.2, 0.25) is 0 Å². The lowest BCUT2D eigenvalue weighted by molar-refractivity contribution is 0.228. The summed E-state index contributed by atoms with van der Waals surface area (Å²) < 4.78 is 0. The van der Waals surface area contributed by atoms with Gasteiger partial charge in [0.05, 0.1) is 12.2 Å². The van der Waals surface area contributed by atoms with Crippen LogP contribution in [0.1, 0.15) is 11.4 Å². The minimum absolute atomic E-state index is 0.835. The number of hydrogen-bond acceptors (Lipinski definition) is 4. The molecular formula is C16H20N4. The second kappa shape index (κ2) is 6.11. The highest BCUT2D eigenvalue weighted by atomic mass is 15.2. The normalized spacial score (nSPS) is 16.2. The quantitative estimate of drug-likeness (QED) is 0.922. The summed E-state index contributed by atoms with van der Waals surface area (Å²) in [5.74, 6) is 0.908. The second-order valence-corrected chi connectivity index (χ2v) is 5.25. The minimum Gasteiger partial charge on any atom is -0.314 e. The molecule has 0 amide bonds. The second-order valence-electron chi connectivity index (χ2n) is 5.25. The third-order valence-electron chi connectivity index (χ3n) is 3.59. The molecule has 1 aromatic heterocycles. The van der Waals surface area contributed by atoms with Crippen molar-refractivity contribution in [3.8, 4) is 11.3 Å². The zero-order chi connectivity index (χ0) is 13.8. The van der Waals surface area contributed by atoms with E-state index >= 15 is 0 Å². The van der Waals surface area contributed by atoms with E-state index in [-0.39, 0.29) is 0 Å². The standard InChI is InChI=1S/C16H20N4/c1-13-3-2-4-14(11-13)15-5-6-18-16(19-15)12-20-9-7-17-8-10-20/h2-6,11,17H,7-10,12H2,1H3. The summed E-state index contributed by atoms with van der Waals surface area (Å²) in [5, 5.41) is 3.36. The zero-order valence-corrected chi connectivity index (χ0v) is 11.8. The summed E-state index contributed by atoms with van der Waals surface area (Å²) in [6, 6.07) is 10.4. The van der Waals surface area contributed by atoms with Gasteiger partial charge in [0.15, 0.2) is 0 Å². The molecular weight excluding hydrogens is 248 g/mol. The lowest BCUT2D eigenvalue weighted by Crippen LogP contribution is -2.43. The fourth-order valence-corrected chi connectivity index (χ4v) is 2.51. The molecule has 0 aliphatic carbocycles. The SMILES string of the molecule is Cc1cccc(-c2ccnc(CN3CCNCC3)n2)c1. The van der Waals surface area contributed by atoms with Gasteiger partial charge in [0.1, 0.15) is 5.82 Å². The third kappa shape index (κ3) is 3.21. The molecule has 2 heterocycles. The first-order valence-electron chi connectivity index (χ1n) is 7.13. The number of nitrogens with one attached hydrogen (secondary N) is 1. The van der Waals surface area contributed by atoms with Gasteiger partial charge in [-0.2, -0.15) is 0 Å². The van der Waals surface area contributed by atoms with Crippen molar-refractivity contribution in [1.29, 1.82) is 0 Å². The molecule has 104 valence electrons. The monoisotopic (exact) mass is 268 g/mol. The van der Waals surface area contributed by atoms with Crippen molar-refractivity contribution < 1.29 is 0 Å². The molecule has 0 atom stereocenters. The smallest absolute Gasteiger partial charge is 0.142 e. The molecule has 0 saturated carbocycles. The van der Waals surface area contributed by atoms with Crippen LogP contribution in [-0.2, 0) is 6.54 Å². The zero-order valence-electron chi connectivity index (χ0n) is 11.8. The Morgan fingerprint density at radius 2 is 2.05 bits per heavy atom. The molecule has 4 heteroatoms. The summed E-state index contributed by atoms with van der Waals surface area (Å²) in [7, 11) is 0. The molecule has 0 bridgehead atoms. The lowest BCUT2D eigenvalue weighted by Gasteiger charge is -2.26. The maximum atomic E-state index is 4.71. The van der Waals surface area contributed by atoms with Gasteiger partial charge in [-0.05, 0) is 19.1 Å². The maximum absolute atomic E-state index is 4.71. The van der Waals surface area contributed by atoms with E-state index in [2.05, 4.69) is 46.4 Å². The van der Waals surface area contributed by atoms with Crippen molar-refractivity contribution in [3.63, 3.8) is 0 Å². The molecule has 0 unspecified atom stereocenters. The fraction of sp³-hybridized carbons (Fsp3) is 0.375. The van der Waals surface area contributed by atoms with Gasteiger partial charge < -0.3 is 5.32 Å². The van der Waals surface area contributed by atoms with E-state index < -0.39 is 0 Å². The first-order chi connectivity index (χ1) is 9.81. The van der Waals surface area contributed by atoms with Crippen LogP contribution in [0.4, 0.5) is 0 Å². The molecule has 1 fully saturated rings. The largest absolute Gasteiger partial charge is 0.314 e. The first kappa shape index (κ1) is 13.2. The van der Waals surface area contributed by atoms with Gasteiger partial charge in [-0.25, -0.2) is 9.97 Å². The predicted molar refractivity (Wildman–Crippen MR) is 80.4 cm³/mol. The minimum atomic E-state index is 0.835. The molecule has 0 spiro atoms. The van der Waals surface area contributed by atoms with Crippen molar-refractivity contribution in [3.05, 3.63) is 47.9 Å². The van der Waals surface area contributed by atoms with Crippen LogP contribution in [0, 0.1) is 6.92 Å². The van der Waals surface area contributed by atoms with E-state index in [1.54, 1.807) is 0 Å². The van der Waals surface area contributed by atoms with E-state index in [1.165, 1.54) is 5.56 Å². The number of aromatic nitrogens is 2. The van der Waals surface area contributed by atoms with Crippen molar-refractivity contribution in [1.82, 2.24) is 20.2 Å². The van der Waals surface area contributed by atoms with E-state index in [0.717, 1.165) is 49.8 Å². The molecule has 2 aromatic rings. The molecule has 1 saturated heterocycles. The van der Waals surface area contributed by atoms with Crippen molar-refractivity contribution in [2.45, 2.75) is 13.5 Å². The van der Waals surface area contributed by atoms with Crippen LogP contribution in [-0.4, -0.2) is 41.0 Å². The molecule has 20 heavy (non-hydrogen) atoms. The van der Waals surface area contributed by atoms with E-state index in [1.807, 2.05) is 12.3 Å². The lowest BCUT2D eigenvalue weighted by atomic mass is 10.1. The summed E-state index contributed by atoms with van der Waals surface area (Å²) in [6.07, 6.45) is 1.86. The number of nitrogens with zero attached hydrogens (tertiary/aromatic N) is 3. The van der Waals surface area contributed by atoms with E-state index in [4.69, 9.17) is 4.98 Å². The van der Waals surface area contributed by atoms with Gasteiger partial charge >= 0.3 is 0 Å². The molecule has 0 radical (unpaired) electrons. The van der Waals surface area contributed by atoms with Gasteiger partial charge in [0.2, 0.25) is 0 Å². The Labute approximate surface area is 119 Å². The van der Waals surface area contributed by atoms with Crippen molar-refractivity contribution >= 4 is 0 Å². The highest BCUT2D eigenvalue weighted by Gasteiger charge is 2.11. The summed E-state index contributed by atoms with van der Waals surface area (Å²) >= 11 is 0. The van der Waals surface area contributed by atoms with Crippen LogP contribution >= 0.6 is 0 Å². The summed E-state index contributed by atoms with van der Waals surface area (Å²) in [5.41, 5.74) is 3.42.